The van der Waals surface area contributed by atoms with E-state index in [1.165, 1.54) is 0 Å². The second kappa shape index (κ2) is 5.95. The molecule has 2 unspecified atom stereocenters. The highest BCUT2D eigenvalue weighted by Crippen LogP contribution is 2.21. The molecule has 5 heteroatoms. The molecule has 0 amide bonds. The van der Waals surface area contributed by atoms with Gasteiger partial charge in [-0.1, -0.05) is 6.07 Å². The van der Waals surface area contributed by atoms with Gasteiger partial charge in [0.05, 0.1) is 12.3 Å². The molecule has 1 N–H and O–H groups in total. The molecule has 112 valence electrons. The Balaban J connectivity index is 1.79. The lowest BCUT2D eigenvalue weighted by Gasteiger charge is -2.19. The molecule has 1 aliphatic heterocycles. The summed E-state index contributed by atoms with van der Waals surface area (Å²) in [6, 6.07) is 5.83. The lowest BCUT2D eigenvalue weighted by Crippen LogP contribution is -2.31. The van der Waals surface area contributed by atoms with Crippen LogP contribution in [0.15, 0.2) is 30.6 Å². The van der Waals surface area contributed by atoms with Crippen LogP contribution < -0.4 is 5.32 Å². The number of hydrogen-bond donors (Lipinski definition) is 1. The normalized spacial score (nSPS) is 19.9. The molecule has 4 nitrogen and oxygen atoms in total. The molecule has 1 saturated heterocycles. The summed E-state index contributed by atoms with van der Waals surface area (Å²) >= 11 is 0. The van der Waals surface area contributed by atoms with E-state index in [1.807, 2.05) is 19.1 Å². The maximum Gasteiger partial charge on any atom is 0.147 e. The van der Waals surface area contributed by atoms with E-state index in [9.17, 15) is 4.39 Å². The first-order chi connectivity index (χ1) is 10.1. The second-order valence-corrected chi connectivity index (χ2v) is 5.50. The van der Waals surface area contributed by atoms with Crippen LogP contribution in [0, 0.1) is 12.7 Å². The minimum Gasteiger partial charge on any atom is -0.380 e. The molecular weight excluding hydrogens is 269 g/mol. The fourth-order valence-electron chi connectivity index (χ4n) is 2.74. The van der Waals surface area contributed by atoms with E-state index in [0.29, 0.717) is 11.7 Å². The highest BCUT2D eigenvalue weighted by molar-refractivity contribution is 5.38. The van der Waals surface area contributed by atoms with Crippen molar-refractivity contribution >= 4 is 0 Å². The summed E-state index contributed by atoms with van der Waals surface area (Å²) in [5.74, 6) is 0.542. The average Bonchev–Trinajstić information content (AvgIpc) is 3.10. The Hall–Kier alpha value is -1.72. The summed E-state index contributed by atoms with van der Waals surface area (Å²) in [6.07, 6.45) is 4.46. The number of hydrogen-bond acceptors (Lipinski definition) is 3. The monoisotopic (exact) mass is 289 g/mol. The van der Waals surface area contributed by atoms with Crippen LogP contribution in [0.2, 0.25) is 0 Å². The third-order valence-electron chi connectivity index (χ3n) is 3.97. The van der Waals surface area contributed by atoms with Crippen LogP contribution in [-0.4, -0.2) is 28.8 Å². The average molecular weight is 289 g/mol. The van der Waals surface area contributed by atoms with Gasteiger partial charge >= 0.3 is 0 Å². The van der Waals surface area contributed by atoms with Crippen molar-refractivity contribution in [3.8, 4) is 5.69 Å². The smallest absolute Gasteiger partial charge is 0.147 e. The number of aryl methyl sites for hydroxylation is 1. The Morgan fingerprint density at radius 3 is 2.95 bits per heavy atom. The number of ether oxygens (including phenoxy) is 1. The van der Waals surface area contributed by atoms with E-state index in [2.05, 4.69) is 17.2 Å². The molecule has 3 rings (SSSR count). The van der Waals surface area contributed by atoms with Gasteiger partial charge in [-0.3, -0.25) is 0 Å². The van der Waals surface area contributed by atoms with Gasteiger partial charge in [-0.05, 0) is 38.0 Å². The standard InChI is InChI=1S/C16H20FN3O/c1-11(19-14-5-8-21-10-14)13-3-4-16(15(17)9-13)20-7-6-18-12(20)2/h3-4,6-7,9,11,14,19H,5,8,10H2,1-2H3. The van der Waals surface area contributed by atoms with Crippen LogP contribution in [-0.2, 0) is 4.74 Å². The quantitative estimate of drug-likeness (QED) is 0.940. The number of nitrogens with zero attached hydrogens (tertiary/aromatic N) is 2. The van der Waals surface area contributed by atoms with Crippen LogP contribution in [0.5, 0.6) is 0 Å². The molecule has 21 heavy (non-hydrogen) atoms. The Morgan fingerprint density at radius 1 is 1.48 bits per heavy atom. The molecule has 1 fully saturated rings. The number of imidazole rings is 1. The molecule has 0 bridgehead atoms. The van der Waals surface area contributed by atoms with Gasteiger partial charge in [0, 0.05) is 31.1 Å². The van der Waals surface area contributed by atoms with E-state index in [0.717, 1.165) is 31.0 Å². The van der Waals surface area contributed by atoms with Crippen molar-refractivity contribution < 1.29 is 9.13 Å². The van der Waals surface area contributed by atoms with Gasteiger partial charge in [0.15, 0.2) is 0 Å². The van der Waals surface area contributed by atoms with Crippen molar-refractivity contribution in [2.24, 2.45) is 0 Å². The van der Waals surface area contributed by atoms with E-state index in [-0.39, 0.29) is 11.9 Å². The summed E-state index contributed by atoms with van der Waals surface area (Å²) < 4.78 is 21.5. The fourth-order valence-corrected chi connectivity index (χ4v) is 2.74. The molecule has 1 aromatic heterocycles. The molecule has 0 saturated carbocycles. The first-order valence-corrected chi connectivity index (χ1v) is 7.28. The van der Waals surface area contributed by atoms with Crippen molar-refractivity contribution in [1.29, 1.82) is 0 Å². The Labute approximate surface area is 124 Å². The number of aromatic nitrogens is 2. The lowest BCUT2D eigenvalue weighted by molar-refractivity contribution is 0.188. The largest absolute Gasteiger partial charge is 0.380 e. The Morgan fingerprint density at radius 2 is 2.33 bits per heavy atom. The van der Waals surface area contributed by atoms with Gasteiger partial charge in [0.2, 0.25) is 0 Å². The van der Waals surface area contributed by atoms with E-state index in [4.69, 9.17) is 4.74 Å². The van der Waals surface area contributed by atoms with Crippen molar-refractivity contribution in [3.63, 3.8) is 0 Å². The molecule has 0 spiro atoms. The van der Waals surface area contributed by atoms with Gasteiger partial charge in [-0.25, -0.2) is 9.37 Å². The zero-order valence-electron chi connectivity index (χ0n) is 12.3. The summed E-state index contributed by atoms with van der Waals surface area (Å²) in [7, 11) is 0. The van der Waals surface area contributed by atoms with Crippen LogP contribution in [0.1, 0.15) is 30.8 Å². The molecular formula is C16H20FN3O. The summed E-state index contributed by atoms with van der Waals surface area (Å²) in [5, 5.41) is 3.48. The predicted octanol–water partition coefficient (Wildman–Crippen LogP) is 2.76. The Kier molecular flexibility index (Phi) is 4.03. The van der Waals surface area contributed by atoms with Gasteiger partial charge in [0.1, 0.15) is 11.6 Å². The van der Waals surface area contributed by atoms with Crippen molar-refractivity contribution in [2.75, 3.05) is 13.2 Å². The van der Waals surface area contributed by atoms with Gasteiger partial charge in [0.25, 0.3) is 0 Å². The van der Waals surface area contributed by atoms with Gasteiger partial charge < -0.3 is 14.6 Å². The summed E-state index contributed by atoms with van der Waals surface area (Å²) in [5.41, 5.74) is 1.48. The molecule has 2 heterocycles. The third-order valence-corrected chi connectivity index (χ3v) is 3.97. The SMILES string of the molecule is Cc1nccn1-c1ccc(C(C)NC2CCOC2)cc1F. The van der Waals surface area contributed by atoms with E-state index >= 15 is 0 Å². The number of rotatable bonds is 4. The second-order valence-electron chi connectivity index (χ2n) is 5.50. The Bertz CT molecular complexity index is 620. The van der Waals surface area contributed by atoms with Crippen molar-refractivity contribution in [2.45, 2.75) is 32.4 Å². The van der Waals surface area contributed by atoms with Gasteiger partial charge in [-0.15, -0.1) is 0 Å². The number of halogens is 1. The molecule has 0 radical (unpaired) electrons. The molecule has 0 aliphatic carbocycles. The van der Waals surface area contributed by atoms with Crippen LogP contribution in [0.3, 0.4) is 0 Å². The predicted molar refractivity (Wildman–Crippen MR) is 79.0 cm³/mol. The molecule has 2 atom stereocenters. The number of benzene rings is 1. The highest BCUT2D eigenvalue weighted by Gasteiger charge is 2.19. The summed E-state index contributed by atoms with van der Waals surface area (Å²) in [6.45, 7) is 5.45. The topological polar surface area (TPSA) is 39.1 Å². The third kappa shape index (κ3) is 2.99. The zero-order chi connectivity index (χ0) is 14.8. The maximum atomic E-state index is 14.4. The highest BCUT2D eigenvalue weighted by atomic mass is 19.1. The van der Waals surface area contributed by atoms with Crippen molar-refractivity contribution in [1.82, 2.24) is 14.9 Å². The van der Waals surface area contributed by atoms with E-state index in [1.54, 1.807) is 23.0 Å². The summed E-state index contributed by atoms with van der Waals surface area (Å²) in [4.78, 5) is 4.13. The lowest BCUT2D eigenvalue weighted by atomic mass is 10.1. The molecule has 1 aromatic carbocycles. The minimum absolute atomic E-state index is 0.101. The minimum atomic E-state index is -0.232. The first-order valence-electron chi connectivity index (χ1n) is 7.28. The van der Waals surface area contributed by atoms with Gasteiger partial charge in [-0.2, -0.15) is 0 Å². The fraction of sp³-hybridized carbons (Fsp3) is 0.438. The number of nitrogens with one attached hydrogen (secondary N) is 1. The van der Waals surface area contributed by atoms with Crippen LogP contribution in [0.4, 0.5) is 4.39 Å². The van der Waals surface area contributed by atoms with Crippen LogP contribution >= 0.6 is 0 Å². The maximum absolute atomic E-state index is 14.4. The zero-order valence-corrected chi connectivity index (χ0v) is 12.3. The van der Waals surface area contributed by atoms with E-state index < -0.39 is 0 Å². The molecule has 1 aliphatic rings. The first kappa shape index (κ1) is 14.2. The molecule has 2 aromatic rings. The van der Waals surface area contributed by atoms with Crippen molar-refractivity contribution in [3.05, 3.63) is 47.8 Å². The van der Waals surface area contributed by atoms with Crippen LogP contribution in [0.25, 0.3) is 5.69 Å².